The molecule has 0 radical (unpaired) electrons. The summed E-state index contributed by atoms with van der Waals surface area (Å²) in [5.41, 5.74) is -1.08. The number of piperidine rings is 1. The summed E-state index contributed by atoms with van der Waals surface area (Å²) in [6.45, 7) is -6.34. The van der Waals surface area contributed by atoms with Crippen LogP contribution in [0.2, 0.25) is 0 Å². The zero-order chi connectivity index (χ0) is 22.1. The second-order valence-electron chi connectivity index (χ2n) is 5.08. The number of phenols is 1. The predicted molar refractivity (Wildman–Crippen MR) is 78.3 cm³/mol. The smallest absolute Gasteiger partial charge is 0.115 e. The summed E-state index contributed by atoms with van der Waals surface area (Å²) < 4.78 is 83.1. The van der Waals surface area contributed by atoms with Crippen molar-refractivity contribution >= 4 is 0 Å². The fraction of sp³-hybridized carbons (Fsp3) is 0.647. The highest BCUT2D eigenvalue weighted by Crippen LogP contribution is 2.44. The summed E-state index contributed by atoms with van der Waals surface area (Å²) in [7, 11) is 0. The summed E-state index contributed by atoms with van der Waals surface area (Å²) in [6.07, 6.45) is -7.71. The first-order valence-corrected chi connectivity index (χ1v) is 6.67. The number of hydrogen-bond donors (Lipinski definition) is 1. The molecule has 104 valence electrons. The zero-order valence-electron chi connectivity index (χ0n) is 20.7. The molecule has 1 saturated heterocycles. The van der Waals surface area contributed by atoms with Gasteiger partial charge in [-0.25, -0.2) is 0 Å². The third-order valence-corrected chi connectivity index (χ3v) is 3.95. The van der Waals surface area contributed by atoms with E-state index in [1.165, 1.54) is 18.2 Å². The Morgan fingerprint density at radius 3 is 2.47 bits per heavy atom. The Bertz CT molecular complexity index is 758. The maximum Gasteiger partial charge on any atom is 0.115 e. The quantitative estimate of drug-likeness (QED) is 0.876. The minimum Gasteiger partial charge on any atom is -0.508 e. The molecule has 0 unspecified atom stereocenters. The molecule has 0 aromatic heterocycles. The highest BCUT2D eigenvalue weighted by atomic mass is 16.3. The minimum atomic E-state index is -3.43. The fourth-order valence-electron chi connectivity index (χ4n) is 3.01. The van der Waals surface area contributed by atoms with Gasteiger partial charge in [-0.05, 0) is 56.3 Å². The van der Waals surface area contributed by atoms with E-state index in [9.17, 15) is 5.11 Å². The molecule has 2 aliphatic rings. The molecule has 1 aliphatic carbocycles. The maximum absolute atomic E-state index is 9.99. The van der Waals surface area contributed by atoms with Crippen LogP contribution < -0.4 is 0 Å². The average Bonchev–Trinajstić information content (AvgIpc) is 2.60. The van der Waals surface area contributed by atoms with Crippen LogP contribution in [0.15, 0.2) is 24.3 Å². The van der Waals surface area contributed by atoms with Crippen LogP contribution in [0.3, 0.4) is 0 Å². The van der Waals surface area contributed by atoms with Crippen molar-refractivity contribution in [3.63, 3.8) is 0 Å². The van der Waals surface area contributed by atoms with Crippen molar-refractivity contribution in [2.24, 2.45) is 0 Å². The molecule has 2 fully saturated rings. The van der Waals surface area contributed by atoms with E-state index in [1.807, 2.05) is 0 Å². The van der Waals surface area contributed by atoms with E-state index in [1.54, 1.807) is 6.07 Å². The molecule has 1 heterocycles. The topological polar surface area (TPSA) is 23.5 Å². The summed E-state index contributed by atoms with van der Waals surface area (Å²) in [4.78, 5) is 0.586. The maximum atomic E-state index is 9.99. The minimum absolute atomic E-state index is 0.119. The Kier molecular flexibility index (Phi) is 1.68. The molecule has 1 N–H and O–H groups in total. The van der Waals surface area contributed by atoms with Gasteiger partial charge in [-0.15, -0.1) is 0 Å². The molecule has 2 nitrogen and oxygen atoms in total. The number of aromatic hydroxyl groups is 1. The molecule has 0 bridgehead atoms. The molecule has 1 saturated carbocycles. The van der Waals surface area contributed by atoms with Gasteiger partial charge in [0.1, 0.15) is 5.75 Å². The van der Waals surface area contributed by atoms with Crippen LogP contribution in [0.1, 0.15) is 70.5 Å². The number of benzene rings is 1. The Morgan fingerprint density at radius 2 is 1.79 bits per heavy atom. The van der Waals surface area contributed by atoms with Gasteiger partial charge in [0.15, 0.2) is 0 Å². The predicted octanol–water partition coefficient (Wildman–Crippen LogP) is 4.04. The molecule has 19 heavy (non-hydrogen) atoms. The third kappa shape index (κ3) is 2.51. The van der Waals surface area contributed by atoms with Crippen molar-refractivity contribution in [3.05, 3.63) is 29.8 Å². The van der Waals surface area contributed by atoms with Crippen LogP contribution in [-0.4, -0.2) is 23.0 Å². The van der Waals surface area contributed by atoms with Crippen LogP contribution in [0.5, 0.6) is 5.75 Å². The Morgan fingerprint density at radius 1 is 1.05 bits per heavy atom. The average molecular weight is 269 g/mol. The zero-order valence-corrected chi connectivity index (χ0v) is 10.7. The van der Waals surface area contributed by atoms with Gasteiger partial charge in [0.05, 0.1) is 0 Å². The summed E-state index contributed by atoms with van der Waals surface area (Å²) in [5, 5.41) is 9.99. The number of likely N-dealkylation sites (tertiary alicyclic amines) is 1. The molecular formula is C17H25NO. The SMILES string of the molecule is [2H]C1([2H])N(C2(c3cccc(O)c3)CCCCC2)C([2H])([2H])C([2H])([2H])C([2H])([2H])C1([2H])[2H]. The summed E-state index contributed by atoms with van der Waals surface area (Å²) >= 11 is 0. The summed E-state index contributed by atoms with van der Waals surface area (Å²) in [5.74, 6) is -0.119. The lowest BCUT2D eigenvalue weighted by molar-refractivity contribution is 0.0302. The van der Waals surface area contributed by atoms with Crippen LogP contribution in [0.25, 0.3) is 0 Å². The number of rotatable bonds is 2. The Hall–Kier alpha value is -1.02. The van der Waals surface area contributed by atoms with Crippen molar-refractivity contribution in [1.82, 2.24) is 4.90 Å². The molecular weight excluding hydrogens is 234 g/mol. The first-order chi connectivity index (χ1) is 13.1. The Balaban J connectivity index is 2.34. The largest absolute Gasteiger partial charge is 0.508 e. The van der Waals surface area contributed by atoms with Gasteiger partial charge in [-0.3, -0.25) is 4.90 Å². The normalized spacial score (nSPS) is 45.3. The highest BCUT2D eigenvalue weighted by Gasteiger charge is 2.39. The van der Waals surface area contributed by atoms with Crippen LogP contribution in [0.4, 0.5) is 0 Å². The van der Waals surface area contributed by atoms with Crippen molar-refractivity contribution in [3.8, 4) is 5.75 Å². The fourth-order valence-corrected chi connectivity index (χ4v) is 3.01. The number of phenolic OH excluding ortho intramolecular Hbond substituents is 1. The Labute approximate surface area is 130 Å². The van der Waals surface area contributed by atoms with Gasteiger partial charge in [0, 0.05) is 19.2 Å². The van der Waals surface area contributed by atoms with Crippen molar-refractivity contribution < 1.29 is 18.8 Å². The highest BCUT2D eigenvalue weighted by molar-refractivity contribution is 5.33. The van der Waals surface area contributed by atoms with Gasteiger partial charge in [-0.1, -0.05) is 37.8 Å². The second kappa shape index (κ2) is 5.54. The number of nitrogens with zero attached hydrogens (tertiary/aromatic N) is 1. The van der Waals surface area contributed by atoms with Gasteiger partial charge in [-0.2, -0.15) is 0 Å². The first-order valence-electron chi connectivity index (χ1n) is 11.7. The first kappa shape index (κ1) is 5.77. The summed E-state index contributed by atoms with van der Waals surface area (Å²) in [6, 6.07) is 5.90. The lowest BCUT2D eigenvalue weighted by Gasteiger charge is -2.48. The molecule has 1 aromatic carbocycles. The standard InChI is InChI=1S/C17H25NO/c19-16-9-7-8-15(14-16)17(10-3-1-4-11-17)18-12-5-2-6-13-18/h7-9,14,19H,1-6,10-13H2/i2D2,5D2,6D2,12D2,13D2. The van der Waals surface area contributed by atoms with E-state index in [4.69, 9.17) is 13.7 Å². The molecule has 0 amide bonds. The van der Waals surface area contributed by atoms with E-state index in [0.29, 0.717) is 23.3 Å². The van der Waals surface area contributed by atoms with Crippen LogP contribution >= 0.6 is 0 Å². The van der Waals surface area contributed by atoms with Gasteiger partial charge < -0.3 is 5.11 Å². The van der Waals surface area contributed by atoms with Crippen molar-refractivity contribution in [2.75, 3.05) is 13.0 Å². The van der Waals surface area contributed by atoms with E-state index in [2.05, 4.69) is 0 Å². The second-order valence-corrected chi connectivity index (χ2v) is 5.08. The lowest BCUT2D eigenvalue weighted by Crippen LogP contribution is -2.49. The van der Waals surface area contributed by atoms with Gasteiger partial charge in [0.2, 0.25) is 0 Å². The van der Waals surface area contributed by atoms with Crippen LogP contribution in [0, 0.1) is 0 Å². The number of hydrogen-bond acceptors (Lipinski definition) is 2. The van der Waals surface area contributed by atoms with E-state index in [0.717, 1.165) is 6.42 Å². The van der Waals surface area contributed by atoms with E-state index in [-0.39, 0.29) is 18.6 Å². The molecule has 3 rings (SSSR count). The molecule has 2 heteroatoms. The molecule has 0 spiro atoms. The molecule has 1 aliphatic heterocycles. The van der Waals surface area contributed by atoms with E-state index < -0.39 is 37.7 Å². The third-order valence-electron chi connectivity index (χ3n) is 3.95. The van der Waals surface area contributed by atoms with Crippen molar-refractivity contribution in [1.29, 1.82) is 0 Å². The van der Waals surface area contributed by atoms with Gasteiger partial charge >= 0.3 is 0 Å². The van der Waals surface area contributed by atoms with Crippen molar-refractivity contribution in [2.45, 2.75) is 56.8 Å². The van der Waals surface area contributed by atoms with Crippen LogP contribution in [-0.2, 0) is 5.54 Å². The molecule has 0 atom stereocenters. The van der Waals surface area contributed by atoms with Gasteiger partial charge in [0.25, 0.3) is 0 Å². The monoisotopic (exact) mass is 269 g/mol. The lowest BCUT2D eigenvalue weighted by atomic mass is 9.74. The van der Waals surface area contributed by atoms with E-state index >= 15 is 0 Å². The molecule has 1 aromatic rings.